The van der Waals surface area contributed by atoms with Gasteiger partial charge in [-0.3, -0.25) is 14.5 Å². The van der Waals surface area contributed by atoms with E-state index in [0.29, 0.717) is 12.1 Å². The van der Waals surface area contributed by atoms with Gasteiger partial charge >= 0.3 is 0 Å². The molecule has 4 rings (SSSR count). The van der Waals surface area contributed by atoms with Gasteiger partial charge in [0, 0.05) is 42.8 Å². The van der Waals surface area contributed by atoms with Crippen LogP contribution in [0.3, 0.4) is 0 Å². The number of aromatic amines is 1. The predicted octanol–water partition coefficient (Wildman–Crippen LogP) is 2.63. The highest BCUT2D eigenvalue weighted by Crippen LogP contribution is 2.27. The van der Waals surface area contributed by atoms with Gasteiger partial charge in [0.15, 0.2) is 0 Å². The summed E-state index contributed by atoms with van der Waals surface area (Å²) in [7, 11) is 0. The Morgan fingerprint density at radius 3 is 2.92 bits per heavy atom. The third-order valence-corrected chi connectivity index (χ3v) is 5.02. The lowest BCUT2D eigenvalue weighted by atomic mass is 9.93. The number of H-pyrrole nitrogens is 1. The third-order valence-electron chi connectivity index (χ3n) is 5.02. The number of imidazole rings is 1. The Balaban J connectivity index is 1.56. The average molecular weight is 350 g/mol. The fraction of sp³-hybridized carbons (Fsp3) is 0.368. The van der Waals surface area contributed by atoms with Gasteiger partial charge in [0.1, 0.15) is 11.6 Å². The van der Waals surface area contributed by atoms with Crippen molar-refractivity contribution in [1.82, 2.24) is 29.6 Å². The van der Waals surface area contributed by atoms with Gasteiger partial charge in [-0.15, -0.1) is 0 Å². The first-order valence-electron chi connectivity index (χ1n) is 8.90. The van der Waals surface area contributed by atoms with E-state index in [1.54, 1.807) is 12.4 Å². The van der Waals surface area contributed by atoms with Crippen LogP contribution < -0.4 is 0 Å². The van der Waals surface area contributed by atoms with Gasteiger partial charge in [0.25, 0.3) is 5.91 Å². The van der Waals surface area contributed by atoms with E-state index in [2.05, 4.69) is 21.2 Å². The standard InChI is InChI=1S/C19H22N6O/c1-13-16(11-21-23-13)19(26)24-9-4-5-15(12-24)17-6-3-7-18(22-17)25-10-8-20-14(25)2/h3,6-8,10-11,15H,4-5,9,12H2,1-2H3,(H,21,23)/t15-/m0/s1. The number of carbonyl (C=O) groups excluding carboxylic acids is 1. The Morgan fingerprint density at radius 1 is 1.31 bits per heavy atom. The quantitative estimate of drug-likeness (QED) is 0.787. The monoisotopic (exact) mass is 350 g/mol. The fourth-order valence-corrected chi connectivity index (χ4v) is 3.56. The number of pyridine rings is 1. The van der Waals surface area contributed by atoms with Gasteiger partial charge in [0.05, 0.1) is 11.8 Å². The van der Waals surface area contributed by atoms with Crippen molar-refractivity contribution in [3.63, 3.8) is 0 Å². The van der Waals surface area contributed by atoms with Gasteiger partial charge < -0.3 is 4.90 Å². The molecule has 0 aromatic carbocycles. The Kier molecular flexibility index (Phi) is 4.28. The summed E-state index contributed by atoms with van der Waals surface area (Å²) in [5.41, 5.74) is 2.49. The predicted molar refractivity (Wildman–Crippen MR) is 97.3 cm³/mol. The first kappa shape index (κ1) is 16.5. The average Bonchev–Trinajstić information content (AvgIpc) is 3.29. The summed E-state index contributed by atoms with van der Waals surface area (Å²) in [5, 5.41) is 6.81. The van der Waals surface area contributed by atoms with Crippen LogP contribution >= 0.6 is 0 Å². The van der Waals surface area contributed by atoms with Crippen LogP contribution in [0, 0.1) is 13.8 Å². The lowest BCUT2D eigenvalue weighted by Gasteiger charge is -2.32. The van der Waals surface area contributed by atoms with Crippen molar-refractivity contribution in [3.05, 3.63) is 59.6 Å². The van der Waals surface area contributed by atoms with E-state index >= 15 is 0 Å². The van der Waals surface area contributed by atoms with Crippen molar-refractivity contribution in [1.29, 1.82) is 0 Å². The number of nitrogens with one attached hydrogen (secondary N) is 1. The first-order chi connectivity index (χ1) is 12.6. The minimum Gasteiger partial charge on any atom is -0.338 e. The molecule has 0 spiro atoms. The van der Waals surface area contributed by atoms with Crippen molar-refractivity contribution in [2.24, 2.45) is 0 Å². The van der Waals surface area contributed by atoms with E-state index in [-0.39, 0.29) is 11.8 Å². The molecule has 134 valence electrons. The molecule has 1 aliphatic rings. The van der Waals surface area contributed by atoms with Crippen molar-refractivity contribution >= 4 is 5.91 Å². The molecule has 1 saturated heterocycles. The highest BCUT2D eigenvalue weighted by atomic mass is 16.2. The smallest absolute Gasteiger partial charge is 0.257 e. The number of hydrogen-bond acceptors (Lipinski definition) is 4. The van der Waals surface area contributed by atoms with Crippen molar-refractivity contribution in [2.45, 2.75) is 32.6 Å². The number of nitrogens with zero attached hydrogens (tertiary/aromatic N) is 5. The second-order valence-corrected chi connectivity index (χ2v) is 6.76. The molecule has 1 atom stereocenters. The summed E-state index contributed by atoms with van der Waals surface area (Å²) in [4.78, 5) is 23.8. The molecular weight excluding hydrogens is 328 g/mol. The van der Waals surface area contributed by atoms with Crippen LogP contribution in [0.5, 0.6) is 0 Å². The Morgan fingerprint density at radius 2 is 2.19 bits per heavy atom. The second-order valence-electron chi connectivity index (χ2n) is 6.76. The minimum atomic E-state index is 0.0440. The summed E-state index contributed by atoms with van der Waals surface area (Å²) in [6, 6.07) is 6.06. The molecule has 1 amide bonds. The highest BCUT2D eigenvalue weighted by molar-refractivity contribution is 5.95. The normalized spacial score (nSPS) is 17.5. The largest absolute Gasteiger partial charge is 0.338 e. The molecule has 0 bridgehead atoms. The van der Waals surface area contributed by atoms with Crippen LogP contribution in [0.2, 0.25) is 0 Å². The fourth-order valence-electron chi connectivity index (χ4n) is 3.56. The SMILES string of the molecule is Cc1[nH]ncc1C(=O)N1CCC[C@H](c2cccc(-n3ccnc3C)n2)C1. The van der Waals surface area contributed by atoms with Crippen LogP contribution in [-0.4, -0.2) is 48.6 Å². The highest BCUT2D eigenvalue weighted by Gasteiger charge is 2.27. The molecule has 0 unspecified atom stereocenters. The maximum atomic E-state index is 12.8. The van der Waals surface area contributed by atoms with Crippen LogP contribution in [0.1, 0.15) is 46.3 Å². The van der Waals surface area contributed by atoms with Crippen LogP contribution in [0.15, 0.2) is 36.8 Å². The number of rotatable bonds is 3. The summed E-state index contributed by atoms with van der Waals surface area (Å²) < 4.78 is 1.98. The van der Waals surface area contributed by atoms with E-state index < -0.39 is 0 Å². The maximum absolute atomic E-state index is 12.8. The van der Waals surface area contributed by atoms with E-state index in [0.717, 1.165) is 42.4 Å². The zero-order valence-corrected chi connectivity index (χ0v) is 15.0. The van der Waals surface area contributed by atoms with Gasteiger partial charge in [0.2, 0.25) is 0 Å². The summed E-state index contributed by atoms with van der Waals surface area (Å²) >= 11 is 0. The molecule has 4 heterocycles. The lowest BCUT2D eigenvalue weighted by Crippen LogP contribution is -2.39. The molecular formula is C19H22N6O. The van der Waals surface area contributed by atoms with Crippen molar-refractivity contribution in [3.8, 4) is 5.82 Å². The number of aromatic nitrogens is 5. The molecule has 3 aromatic rings. The lowest BCUT2D eigenvalue weighted by molar-refractivity contribution is 0.0705. The number of piperidine rings is 1. The zero-order chi connectivity index (χ0) is 18.1. The molecule has 7 heteroatoms. The molecule has 26 heavy (non-hydrogen) atoms. The zero-order valence-electron chi connectivity index (χ0n) is 15.0. The van der Waals surface area contributed by atoms with E-state index in [9.17, 15) is 4.79 Å². The van der Waals surface area contributed by atoms with E-state index in [1.807, 2.05) is 41.6 Å². The van der Waals surface area contributed by atoms with Crippen LogP contribution in [-0.2, 0) is 0 Å². The number of aryl methyl sites for hydroxylation is 2. The first-order valence-corrected chi connectivity index (χ1v) is 8.90. The summed E-state index contributed by atoms with van der Waals surface area (Å²) in [6.07, 6.45) is 7.32. The van der Waals surface area contributed by atoms with Crippen molar-refractivity contribution in [2.75, 3.05) is 13.1 Å². The minimum absolute atomic E-state index is 0.0440. The number of amides is 1. The molecule has 0 aliphatic carbocycles. The Hall–Kier alpha value is -2.96. The molecule has 0 radical (unpaired) electrons. The van der Waals surface area contributed by atoms with Crippen LogP contribution in [0.4, 0.5) is 0 Å². The molecule has 7 nitrogen and oxygen atoms in total. The third kappa shape index (κ3) is 3.00. The van der Waals surface area contributed by atoms with Crippen LogP contribution in [0.25, 0.3) is 5.82 Å². The Labute approximate surface area is 152 Å². The molecule has 1 fully saturated rings. The molecule has 3 aromatic heterocycles. The molecule has 1 N–H and O–H groups in total. The summed E-state index contributed by atoms with van der Waals surface area (Å²) in [6.45, 7) is 5.30. The maximum Gasteiger partial charge on any atom is 0.257 e. The number of likely N-dealkylation sites (tertiary alicyclic amines) is 1. The topological polar surface area (TPSA) is 79.7 Å². The van der Waals surface area contributed by atoms with E-state index in [1.165, 1.54) is 0 Å². The van der Waals surface area contributed by atoms with Gasteiger partial charge in [-0.05, 0) is 38.8 Å². The van der Waals surface area contributed by atoms with Gasteiger partial charge in [-0.25, -0.2) is 9.97 Å². The molecule has 1 aliphatic heterocycles. The van der Waals surface area contributed by atoms with Gasteiger partial charge in [-0.1, -0.05) is 6.07 Å². The number of hydrogen-bond donors (Lipinski definition) is 1. The number of carbonyl (C=O) groups is 1. The van der Waals surface area contributed by atoms with Crippen molar-refractivity contribution < 1.29 is 4.79 Å². The summed E-state index contributed by atoms with van der Waals surface area (Å²) in [5.74, 6) is 2.06. The second kappa shape index (κ2) is 6.74. The molecule has 0 saturated carbocycles. The van der Waals surface area contributed by atoms with Gasteiger partial charge in [-0.2, -0.15) is 5.10 Å². The Bertz CT molecular complexity index is 928. The van der Waals surface area contributed by atoms with E-state index in [4.69, 9.17) is 4.98 Å².